The van der Waals surface area contributed by atoms with Gasteiger partial charge in [-0.25, -0.2) is 31.3 Å². The minimum absolute atomic E-state index is 0.0564. The van der Waals surface area contributed by atoms with E-state index in [1.807, 2.05) is 25.5 Å². The topological polar surface area (TPSA) is 96.4 Å². The number of anilines is 1. The second kappa shape index (κ2) is 9.44. The Labute approximate surface area is 213 Å². The second-order valence-electron chi connectivity index (χ2n) is 10.0. The molecule has 196 valence electrons. The number of carbonyl (C=O) groups excluding carboxylic acids is 2. The lowest BCUT2D eigenvalue weighted by Crippen LogP contribution is -2.41. The van der Waals surface area contributed by atoms with E-state index in [-0.39, 0.29) is 28.6 Å². The summed E-state index contributed by atoms with van der Waals surface area (Å²) in [6.45, 7) is 7.84. The molecule has 1 amide bonds. The van der Waals surface area contributed by atoms with Gasteiger partial charge in [0.1, 0.15) is 16.5 Å². The van der Waals surface area contributed by atoms with Gasteiger partial charge in [0.15, 0.2) is 17.4 Å². The number of rotatable bonds is 5. The molecule has 7 nitrogen and oxygen atoms in total. The van der Waals surface area contributed by atoms with Crippen molar-refractivity contribution < 1.29 is 31.2 Å². The highest BCUT2D eigenvalue weighted by atomic mass is 32.2. The Hall–Kier alpha value is -3.47. The van der Waals surface area contributed by atoms with Crippen molar-refractivity contribution in [3.8, 4) is 11.3 Å². The summed E-state index contributed by atoms with van der Waals surface area (Å²) in [6, 6.07) is 3.56. The molecule has 1 fully saturated rings. The highest BCUT2D eigenvalue weighted by molar-refractivity contribution is 7.95. The molecule has 1 N–H and O–H groups in total. The van der Waals surface area contributed by atoms with E-state index in [2.05, 4.69) is 4.98 Å². The summed E-state index contributed by atoms with van der Waals surface area (Å²) in [5.41, 5.74) is -1.02. The summed E-state index contributed by atoms with van der Waals surface area (Å²) in [4.78, 5) is 31.4. The number of halogens is 3. The van der Waals surface area contributed by atoms with E-state index in [9.17, 15) is 31.2 Å². The third kappa shape index (κ3) is 5.04. The molecule has 2 aliphatic rings. The largest absolute Gasteiger partial charge is 0.351 e. The lowest BCUT2D eigenvalue weighted by Gasteiger charge is -2.34. The maximum absolute atomic E-state index is 14.5. The van der Waals surface area contributed by atoms with Crippen molar-refractivity contribution >= 4 is 27.5 Å². The SMILES string of the molecule is CC1C=CC=C(S(=O)(=O)NC(=O)c2ccc(-c3cc(F)c(F)cc3F)nc2N2C[C@@H](C)CC2(C)C)C1=O. The van der Waals surface area contributed by atoms with Crippen LogP contribution in [0.1, 0.15) is 44.5 Å². The van der Waals surface area contributed by atoms with Crippen LogP contribution in [-0.4, -0.2) is 37.2 Å². The zero-order valence-electron chi connectivity index (χ0n) is 20.7. The van der Waals surface area contributed by atoms with Crippen LogP contribution >= 0.6 is 0 Å². The normalized spacial score (nSPS) is 21.2. The van der Waals surface area contributed by atoms with Crippen LogP contribution in [0, 0.1) is 29.3 Å². The molecule has 2 aromatic rings. The predicted molar refractivity (Wildman–Crippen MR) is 133 cm³/mol. The summed E-state index contributed by atoms with van der Waals surface area (Å²) in [5.74, 6) is -5.77. The van der Waals surface area contributed by atoms with Gasteiger partial charge in [0.25, 0.3) is 15.9 Å². The molecule has 1 aliphatic carbocycles. The highest BCUT2D eigenvalue weighted by Crippen LogP contribution is 2.38. The molecule has 1 unspecified atom stereocenters. The number of carbonyl (C=O) groups is 2. The lowest BCUT2D eigenvalue weighted by atomic mass is 9.97. The van der Waals surface area contributed by atoms with E-state index >= 15 is 0 Å². The molecular weight excluding hydrogens is 507 g/mol. The summed E-state index contributed by atoms with van der Waals surface area (Å²) < 4.78 is 69.7. The number of sulfonamides is 1. The number of Topliss-reactive ketones (excluding diaryl/α,β-unsaturated/α-hetero) is 1. The molecule has 0 spiro atoms. The van der Waals surface area contributed by atoms with Gasteiger partial charge in [-0.05, 0) is 50.5 Å². The summed E-state index contributed by atoms with van der Waals surface area (Å²) in [7, 11) is -4.51. The molecular formula is C26H26F3N3O4S. The Bertz CT molecular complexity index is 1470. The van der Waals surface area contributed by atoms with Crippen LogP contribution in [-0.2, 0) is 14.8 Å². The summed E-state index contributed by atoms with van der Waals surface area (Å²) in [6.07, 6.45) is 4.82. The Kier molecular flexibility index (Phi) is 6.78. The van der Waals surface area contributed by atoms with Gasteiger partial charge in [-0.2, -0.15) is 0 Å². The Morgan fingerprint density at radius 1 is 1.11 bits per heavy atom. The first kappa shape index (κ1) is 26.6. The summed E-state index contributed by atoms with van der Waals surface area (Å²) >= 11 is 0. The first-order chi connectivity index (χ1) is 17.2. The van der Waals surface area contributed by atoms with Crippen molar-refractivity contribution in [3.05, 3.63) is 70.4 Å². The van der Waals surface area contributed by atoms with E-state index in [1.165, 1.54) is 31.2 Å². The third-order valence-corrected chi connectivity index (χ3v) is 7.93. The third-order valence-electron chi connectivity index (χ3n) is 6.55. The molecule has 1 aromatic carbocycles. The zero-order chi connectivity index (χ0) is 27.3. The van der Waals surface area contributed by atoms with Crippen molar-refractivity contribution in [1.82, 2.24) is 9.71 Å². The Morgan fingerprint density at radius 3 is 2.43 bits per heavy atom. The molecule has 1 saturated heterocycles. The number of pyridine rings is 1. The van der Waals surface area contributed by atoms with Crippen LogP contribution < -0.4 is 9.62 Å². The molecule has 0 bridgehead atoms. The van der Waals surface area contributed by atoms with Crippen molar-refractivity contribution in [1.29, 1.82) is 0 Å². The summed E-state index contributed by atoms with van der Waals surface area (Å²) in [5, 5.41) is 0. The first-order valence-corrected chi connectivity index (χ1v) is 13.1. The van der Waals surface area contributed by atoms with Crippen molar-refractivity contribution in [2.75, 3.05) is 11.4 Å². The number of nitrogens with zero attached hydrogens (tertiary/aromatic N) is 2. The molecule has 2 atom stereocenters. The van der Waals surface area contributed by atoms with E-state index < -0.39 is 55.5 Å². The zero-order valence-corrected chi connectivity index (χ0v) is 21.5. The average Bonchev–Trinajstić information content (AvgIpc) is 3.08. The molecule has 37 heavy (non-hydrogen) atoms. The van der Waals surface area contributed by atoms with Gasteiger partial charge in [0.2, 0.25) is 0 Å². The minimum atomic E-state index is -4.51. The number of benzene rings is 1. The number of hydrogen-bond acceptors (Lipinski definition) is 6. The number of allylic oxidation sites excluding steroid dienone is 4. The average molecular weight is 534 g/mol. The molecule has 0 radical (unpaired) electrons. The fourth-order valence-electron chi connectivity index (χ4n) is 4.82. The molecule has 11 heteroatoms. The fourth-order valence-corrected chi connectivity index (χ4v) is 5.99. The van der Waals surface area contributed by atoms with Crippen LogP contribution in [0.25, 0.3) is 11.3 Å². The van der Waals surface area contributed by atoms with Crippen molar-refractivity contribution in [2.24, 2.45) is 11.8 Å². The molecule has 4 rings (SSSR count). The van der Waals surface area contributed by atoms with E-state index in [1.54, 1.807) is 4.90 Å². The van der Waals surface area contributed by atoms with Gasteiger partial charge < -0.3 is 4.90 Å². The Balaban J connectivity index is 1.80. The number of amides is 1. The van der Waals surface area contributed by atoms with Crippen molar-refractivity contribution in [2.45, 2.75) is 39.7 Å². The molecule has 0 saturated carbocycles. The molecule has 2 heterocycles. The molecule has 1 aliphatic heterocycles. The van der Waals surface area contributed by atoms with E-state index in [4.69, 9.17) is 0 Å². The molecule has 1 aromatic heterocycles. The maximum atomic E-state index is 14.5. The number of aromatic nitrogens is 1. The monoisotopic (exact) mass is 533 g/mol. The smallest absolute Gasteiger partial charge is 0.268 e. The second-order valence-corrected chi connectivity index (χ2v) is 11.7. The minimum Gasteiger partial charge on any atom is -0.351 e. The van der Waals surface area contributed by atoms with Crippen LogP contribution in [0.4, 0.5) is 19.0 Å². The van der Waals surface area contributed by atoms with Gasteiger partial charge in [-0.15, -0.1) is 0 Å². The first-order valence-electron chi connectivity index (χ1n) is 11.6. The predicted octanol–water partition coefficient (Wildman–Crippen LogP) is 4.51. The maximum Gasteiger partial charge on any atom is 0.268 e. The lowest BCUT2D eigenvalue weighted by molar-refractivity contribution is -0.116. The van der Waals surface area contributed by atoms with Crippen LogP contribution in [0.2, 0.25) is 0 Å². The van der Waals surface area contributed by atoms with Crippen LogP contribution in [0.5, 0.6) is 0 Å². The van der Waals surface area contributed by atoms with Gasteiger partial charge in [-0.1, -0.05) is 26.0 Å². The van der Waals surface area contributed by atoms with Gasteiger partial charge in [-0.3, -0.25) is 9.59 Å². The Morgan fingerprint density at radius 2 is 1.78 bits per heavy atom. The standard InChI is InChI=1S/C26H26F3N3O4S/c1-14-12-26(3,4)32(13-14)24-16(8-9-21(30-24)17-10-19(28)20(29)11-18(17)27)25(34)31-37(35,36)22-7-5-6-15(2)23(22)33/h5-11,14-15H,12-13H2,1-4H3,(H,31,34)/t14-,15?/m0/s1. The van der Waals surface area contributed by atoms with Crippen molar-refractivity contribution in [3.63, 3.8) is 0 Å². The van der Waals surface area contributed by atoms with Crippen LogP contribution in [0.3, 0.4) is 0 Å². The fraction of sp³-hybridized carbons (Fsp3) is 0.346. The van der Waals surface area contributed by atoms with Crippen LogP contribution in [0.15, 0.2) is 47.4 Å². The van der Waals surface area contributed by atoms with E-state index in [0.717, 1.165) is 12.5 Å². The van der Waals surface area contributed by atoms with Gasteiger partial charge in [0.05, 0.1) is 11.3 Å². The van der Waals surface area contributed by atoms with E-state index in [0.29, 0.717) is 18.7 Å². The number of hydrogen-bond donors (Lipinski definition) is 1. The van der Waals surface area contributed by atoms with Gasteiger partial charge in [0, 0.05) is 29.6 Å². The van der Waals surface area contributed by atoms with Gasteiger partial charge >= 0.3 is 0 Å². The highest BCUT2D eigenvalue weighted by Gasteiger charge is 2.40. The number of ketones is 1. The number of nitrogens with one attached hydrogen (secondary N) is 1. The quantitative estimate of drug-likeness (QED) is 0.569.